The lowest BCUT2D eigenvalue weighted by atomic mass is 9.99. The normalized spacial score (nSPS) is 11.8. The summed E-state index contributed by atoms with van der Waals surface area (Å²) in [5.74, 6) is 0. The van der Waals surface area contributed by atoms with Crippen LogP contribution in [0.2, 0.25) is 0 Å². The fourth-order valence-electron chi connectivity index (χ4n) is 1.00. The topological polar surface area (TPSA) is 20.2 Å². The van der Waals surface area contributed by atoms with E-state index in [-0.39, 0.29) is 0 Å². The molecule has 1 N–H and O–H groups in total. The summed E-state index contributed by atoms with van der Waals surface area (Å²) in [5, 5.41) is 9.91. The first-order valence-electron chi connectivity index (χ1n) is 3.70. The Bertz CT molecular complexity index is 328. The summed E-state index contributed by atoms with van der Waals surface area (Å²) in [5.41, 5.74) is 0.252. The average molecular weight is 514 g/mol. The molecular formula is C9H9I3O. The van der Waals surface area contributed by atoms with Crippen LogP contribution in [0.4, 0.5) is 0 Å². The lowest BCUT2D eigenvalue weighted by Gasteiger charge is -2.20. The predicted molar refractivity (Wildman–Crippen MR) is 79.8 cm³/mol. The van der Waals surface area contributed by atoms with Gasteiger partial charge >= 0.3 is 0 Å². The Morgan fingerprint density at radius 1 is 1.15 bits per heavy atom. The van der Waals surface area contributed by atoms with Crippen LogP contribution in [0.1, 0.15) is 19.4 Å². The maximum atomic E-state index is 9.91. The highest BCUT2D eigenvalue weighted by atomic mass is 127. The van der Waals surface area contributed by atoms with Gasteiger partial charge in [-0.25, -0.2) is 0 Å². The molecule has 0 aliphatic carbocycles. The van der Waals surface area contributed by atoms with Gasteiger partial charge in [-0.15, -0.1) is 0 Å². The second kappa shape index (κ2) is 4.48. The molecule has 72 valence electrons. The van der Waals surface area contributed by atoms with Crippen molar-refractivity contribution in [1.82, 2.24) is 0 Å². The molecule has 4 heteroatoms. The smallest absolute Gasteiger partial charge is 0.0851 e. The first-order valence-corrected chi connectivity index (χ1v) is 6.93. The van der Waals surface area contributed by atoms with E-state index in [4.69, 9.17) is 0 Å². The lowest BCUT2D eigenvalue weighted by molar-refractivity contribution is 0.0775. The van der Waals surface area contributed by atoms with Gasteiger partial charge in [0.15, 0.2) is 0 Å². The molecule has 1 aromatic carbocycles. The van der Waals surface area contributed by atoms with Gasteiger partial charge in [-0.2, -0.15) is 0 Å². The molecule has 1 rings (SSSR count). The van der Waals surface area contributed by atoms with Gasteiger partial charge in [-0.3, -0.25) is 0 Å². The van der Waals surface area contributed by atoms with Crippen LogP contribution >= 0.6 is 67.8 Å². The van der Waals surface area contributed by atoms with Gasteiger partial charge in [0, 0.05) is 10.7 Å². The van der Waals surface area contributed by atoms with Crippen LogP contribution in [-0.2, 0) is 5.60 Å². The van der Waals surface area contributed by atoms with Crippen molar-refractivity contribution in [1.29, 1.82) is 0 Å². The van der Waals surface area contributed by atoms with Crippen LogP contribution in [0.15, 0.2) is 12.1 Å². The molecule has 0 unspecified atom stereocenters. The molecule has 1 aromatic rings. The van der Waals surface area contributed by atoms with Crippen molar-refractivity contribution in [3.63, 3.8) is 0 Å². The van der Waals surface area contributed by atoms with Crippen molar-refractivity contribution in [2.75, 3.05) is 0 Å². The molecule has 0 saturated carbocycles. The first-order chi connectivity index (χ1) is 5.82. The molecule has 0 fully saturated rings. The molecule has 0 aliphatic rings. The van der Waals surface area contributed by atoms with E-state index in [1.165, 1.54) is 7.14 Å². The van der Waals surface area contributed by atoms with Gasteiger partial charge in [-0.05, 0) is 99.3 Å². The maximum Gasteiger partial charge on any atom is 0.0851 e. The fourth-order valence-corrected chi connectivity index (χ4v) is 3.82. The molecule has 13 heavy (non-hydrogen) atoms. The quantitative estimate of drug-likeness (QED) is 0.448. The number of hydrogen-bond acceptors (Lipinski definition) is 1. The van der Waals surface area contributed by atoms with Gasteiger partial charge in [0.2, 0.25) is 0 Å². The monoisotopic (exact) mass is 514 g/mol. The zero-order valence-electron chi connectivity index (χ0n) is 7.24. The van der Waals surface area contributed by atoms with Crippen molar-refractivity contribution in [2.24, 2.45) is 0 Å². The minimum Gasteiger partial charge on any atom is -0.386 e. The van der Waals surface area contributed by atoms with E-state index in [1.807, 2.05) is 19.9 Å². The number of rotatable bonds is 1. The molecule has 0 heterocycles. The predicted octanol–water partition coefficient (Wildman–Crippen LogP) is 3.73. The largest absolute Gasteiger partial charge is 0.386 e. The molecule has 0 aromatic heterocycles. The summed E-state index contributed by atoms with van der Waals surface area (Å²) >= 11 is 6.84. The standard InChI is InChI=1S/C9H9I3O/c1-9(2,13)6-3-5(10)4-7(11)8(6)12/h3-4,13H,1-2H3. The summed E-state index contributed by atoms with van der Waals surface area (Å²) in [7, 11) is 0. The Morgan fingerprint density at radius 2 is 1.69 bits per heavy atom. The molecule has 0 bridgehead atoms. The lowest BCUT2D eigenvalue weighted by Crippen LogP contribution is -2.18. The van der Waals surface area contributed by atoms with Gasteiger partial charge in [-0.1, -0.05) is 0 Å². The molecule has 0 atom stereocenters. The van der Waals surface area contributed by atoms with Crippen LogP contribution < -0.4 is 0 Å². The highest BCUT2D eigenvalue weighted by Gasteiger charge is 2.20. The van der Waals surface area contributed by atoms with Crippen LogP contribution in [0.25, 0.3) is 0 Å². The van der Waals surface area contributed by atoms with Crippen LogP contribution in [0.5, 0.6) is 0 Å². The molecule has 0 spiro atoms. The van der Waals surface area contributed by atoms with E-state index < -0.39 is 5.60 Å². The second-order valence-electron chi connectivity index (χ2n) is 3.31. The van der Waals surface area contributed by atoms with E-state index >= 15 is 0 Å². The summed E-state index contributed by atoms with van der Waals surface area (Å²) < 4.78 is 3.51. The van der Waals surface area contributed by atoms with Crippen LogP contribution in [0.3, 0.4) is 0 Å². The summed E-state index contributed by atoms with van der Waals surface area (Å²) in [6.07, 6.45) is 0. The molecular weight excluding hydrogens is 505 g/mol. The maximum absolute atomic E-state index is 9.91. The molecule has 1 nitrogen and oxygen atoms in total. The van der Waals surface area contributed by atoms with E-state index in [0.717, 1.165) is 9.13 Å². The summed E-state index contributed by atoms with van der Waals surface area (Å²) in [4.78, 5) is 0. The number of benzene rings is 1. The average Bonchev–Trinajstić information content (AvgIpc) is 1.94. The molecule has 0 amide bonds. The third-order valence-electron chi connectivity index (χ3n) is 1.65. The van der Waals surface area contributed by atoms with E-state index in [2.05, 4.69) is 73.8 Å². The highest BCUT2D eigenvalue weighted by Crippen LogP contribution is 2.30. The fraction of sp³-hybridized carbons (Fsp3) is 0.333. The highest BCUT2D eigenvalue weighted by molar-refractivity contribution is 14.1. The van der Waals surface area contributed by atoms with Gasteiger partial charge in [0.1, 0.15) is 0 Å². The SMILES string of the molecule is CC(C)(O)c1cc(I)cc(I)c1I. The minimum absolute atomic E-state index is 0.752. The molecule has 0 saturated heterocycles. The van der Waals surface area contributed by atoms with Gasteiger partial charge in [0.25, 0.3) is 0 Å². The number of aliphatic hydroxyl groups is 1. The Labute approximate surface area is 119 Å². The second-order valence-corrected chi connectivity index (χ2v) is 6.79. The van der Waals surface area contributed by atoms with Gasteiger partial charge < -0.3 is 5.11 Å². The Balaban J connectivity index is 3.37. The van der Waals surface area contributed by atoms with Crippen molar-refractivity contribution in [2.45, 2.75) is 19.4 Å². The molecule has 0 aliphatic heterocycles. The summed E-state index contributed by atoms with van der Waals surface area (Å²) in [6, 6.07) is 4.14. The Hall–Kier alpha value is 1.37. The third kappa shape index (κ3) is 3.16. The number of halogens is 3. The Kier molecular flexibility index (Phi) is 4.29. The van der Waals surface area contributed by atoms with Crippen molar-refractivity contribution in [3.05, 3.63) is 28.4 Å². The van der Waals surface area contributed by atoms with Crippen molar-refractivity contribution in [3.8, 4) is 0 Å². The zero-order chi connectivity index (χ0) is 10.2. The molecule has 0 radical (unpaired) electrons. The van der Waals surface area contributed by atoms with E-state index in [9.17, 15) is 5.11 Å². The van der Waals surface area contributed by atoms with Crippen molar-refractivity contribution < 1.29 is 5.11 Å². The zero-order valence-corrected chi connectivity index (χ0v) is 13.7. The first kappa shape index (κ1) is 12.4. The van der Waals surface area contributed by atoms with Crippen LogP contribution in [-0.4, -0.2) is 5.11 Å². The Morgan fingerprint density at radius 3 is 2.15 bits per heavy atom. The van der Waals surface area contributed by atoms with Crippen LogP contribution in [0, 0.1) is 10.7 Å². The summed E-state index contributed by atoms with van der Waals surface area (Å²) in [6.45, 7) is 3.63. The van der Waals surface area contributed by atoms with Gasteiger partial charge in [0.05, 0.1) is 5.60 Å². The minimum atomic E-state index is -0.752. The number of hydrogen-bond donors (Lipinski definition) is 1. The third-order valence-corrected chi connectivity index (χ3v) is 5.32. The van der Waals surface area contributed by atoms with Crippen molar-refractivity contribution >= 4 is 67.8 Å². The van der Waals surface area contributed by atoms with E-state index in [0.29, 0.717) is 0 Å². The van der Waals surface area contributed by atoms with E-state index in [1.54, 1.807) is 0 Å².